The Hall–Kier alpha value is -1.14. The van der Waals surface area contributed by atoms with E-state index in [4.69, 9.17) is 0 Å². The lowest BCUT2D eigenvalue weighted by atomic mass is 10.1. The molecular weight excluding hydrogens is 352 g/mol. The lowest BCUT2D eigenvalue weighted by molar-refractivity contribution is 0.223. The Morgan fingerprint density at radius 3 is 1.07 bits per heavy atom. The number of unbranched alkanes of at least 4 members (excludes halogenated alkanes) is 14. The molecule has 4 N–H and O–H groups in total. The number of aliphatic imine (C=N–C) groups is 2. The summed E-state index contributed by atoms with van der Waals surface area (Å²) in [5, 5.41) is 18.6. The van der Waals surface area contributed by atoms with Crippen LogP contribution in [0, 0.1) is 0 Å². The fraction of sp³-hybridized carbons (Fsp3) is 0.909. The van der Waals surface area contributed by atoms with Crippen molar-refractivity contribution < 1.29 is 10.4 Å². The highest BCUT2D eigenvalue weighted by atomic mass is 16.5. The van der Waals surface area contributed by atoms with Gasteiger partial charge in [0.25, 0.3) is 0 Å². The first kappa shape index (κ1) is 26.9. The molecule has 0 aliphatic rings. The van der Waals surface area contributed by atoms with Crippen LogP contribution >= 0.6 is 0 Å². The summed E-state index contributed by atoms with van der Waals surface area (Å²) in [6.07, 6.45) is 19.9. The molecule has 0 aliphatic carbocycles. The van der Waals surface area contributed by atoms with Crippen LogP contribution in [0.4, 0.5) is 0 Å². The molecule has 0 radical (unpaired) electrons. The van der Waals surface area contributed by atoms with Crippen LogP contribution in [0.3, 0.4) is 0 Å². The van der Waals surface area contributed by atoms with Gasteiger partial charge in [0.1, 0.15) is 0 Å². The topological polar surface area (TPSA) is 89.2 Å². The van der Waals surface area contributed by atoms with Crippen molar-refractivity contribution in [3.05, 3.63) is 0 Å². The quantitative estimate of drug-likeness (QED) is 0.0983. The number of nitrogens with zero attached hydrogens (tertiary/aromatic N) is 2. The highest BCUT2D eigenvalue weighted by Gasteiger charge is 2.06. The van der Waals surface area contributed by atoms with E-state index in [1.807, 2.05) is 0 Å². The van der Waals surface area contributed by atoms with E-state index < -0.39 is 0 Å². The molecule has 0 saturated heterocycles. The molecule has 0 unspecified atom stereocenters. The molecule has 166 valence electrons. The first-order chi connectivity index (χ1) is 13.8. The van der Waals surface area contributed by atoms with Gasteiger partial charge in [0.15, 0.2) is 11.7 Å². The summed E-state index contributed by atoms with van der Waals surface area (Å²) in [5.74, 6) is 0.426. The number of nitrogens with one attached hydrogen (secondary N) is 2. The first-order valence-electron chi connectivity index (χ1n) is 11.7. The molecule has 0 aromatic heterocycles. The molecule has 0 saturated carbocycles. The Morgan fingerprint density at radius 2 is 0.786 bits per heavy atom. The molecule has 6 nitrogen and oxygen atoms in total. The molecule has 0 fully saturated rings. The molecular formula is C22H46N4O2. The summed E-state index contributed by atoms with van der Waals surface area (Å²) in [7, 11) is 0. The summed E-state index contributed by atoms with van der Waals surface area (Å²) in [6.45, 7) is 5.71. The van der Waals surface area contributed by atoms with E-state index in [1.54, 1.807) is 0 Å². The monoisotopic (exact) mass is 398 g/mol. The zero-order chi connectivity index (χ0) is 20.7. The molecule has 0 spiro atoms. The molecule has 0 aromatic rings. The Labute approximate surface area is 173 Å². The minimum absolute atomic E-state index is 0.213. The van der Waals surface area contributed by atoms with Gasteiger partial charge in [-0.2, -0.15) is 0 Å². The maximum absolute atomic E-state index is 9.28. The zero-order valence-corrected chi connectivity index (χ0v) is 18.5. The first-order valence-corrected chi connectivity index (χ1v) is 11.7. The number of hydrogen-bond donors (Lipinski definition) is 4. The number of hydrogen-bond acceptors (Lipinski definition) is 4. The SMILES string of the molecule is CCCCCCCCCCN=C(NO)C(=NCCCCCCCCCC)NO. The van der Waals surface area contributed by atoms with Crippen molar-refractivity contribution in [2.24, 2.45) is 9.98 Å². The maximum atomic E-state index is 9.28. The third-order valence-corrected chi connectivity index (χ3v) is 5.00. The summed E-state index contributed by atoms with van der Waals surface area (Å²) < 4.78 is 0. The molecule has 0 atom stereocenters. The number of rotatable bonds is 18. The second-order valence-electron chi connectivity index (χ2n) is 7.63. The molecule has 0 heterocycles. The minimum Gasteiger partial charge on any atom is -0.290 e. The van der Waals surface area contributed by atoms with E-state index >= 15 is 0 Å². The zero-order valence-electron chi connectivity index (χ0n) is 18.5. The van der Waals surface area contributed by atoms with E-state index in [1.165, 1.54) is 77.0 Å². The van der Waals surface area contributed by atoms with Crippen molar-refractivity contribution in [1.29, 1.82) is 0 Å². The molecule has 0 aliphatic heterocycles. The van der Waals surface area contributed by atoms with Crippen LogP contribution in [0.5, 0.6) is 0 Å². The molecule has 0 bridgehead atoms. The van der Waals surface area contributed by atoms with Crippen molar-refractivity contribution in [2.75, 3.05) is 13.1 Å². The second kappa shape index (κ2) is 22.2. The smallest absolute Gasteiger partial charge is 0.190 e. The third-order valence-electron chi connectivity index (χ3n) is 5.00. The molecule has 6 heteroatoms. The number of hydroxylamine groups is 2. The fourth-order valence-electron chi connectivity index (χ4n) is 3.20. The van der Waals surface area contributed by atoms with Gasteiger partial charge in [-0.15, -0.1) is 0 Å². The Kier molecular flexibility index (Phi) is 21.3. The molecule has 0 amide bonds. The van der Waals surface area contributed by atoms with Crippen LogP contribution in [-0.2, 0) is 0 Å². The highest BCUT2D eigenvalue weighted by Crippen LogP contribution is 2.09. The summed E-state index contributed by atoms with van der Waals surface area (Å²) in [4.78, 5) is 8.64. The van der Waals surface area contributed by atoms with Gasteiger partial charge in [0.05, 0.1) is 0 Å². The molecule has 0 rings (SSSR count). The second-order valence-corrected chi connectivity index (χ2v) is 7.63. The van der Waals surface area contributed by atoms with Crippen LogP contribution < -0.4 is 11.0 Å². The summed E-state index contributed by atoms with van der Waals surface area (Å²) >= 11 is 0. The fourth-order valence-corrected chi connectivity index (χ4v) is 3.20. The van der Waals surface area contributed by atoms with Gasteiger partial charge in [0, 0.05) is 13.1 Å². The predicted octanol–water partition coefficient (Wildman–Crippen LogP) is 6.02. The van der Waals surface area contributed by atoms with Crippen LogP contribution in [0.15, 0.2) is 9.98 Å². The van der Waals surface area contributed by atoms with E-state index in [0.29, 0.717) is 13.1 Å². The van der Waals surface area contributed by atoms with Crippen molar-refractivity contribution in [2.45, 2.75) is 117 Å². The van der Waals surface area contributed by atoms with Crippen LogP contribution in [0.25, 0.3) is 0 Å². The Morgan fingerprint density at radius 1 is 0.500 bits per heavy atom. The molecule has 28 heavy (non-hydrogen) atoms. The van der Waals surface area contributed by atoms with E-state index in [0.717, 1.165) is 25.7 Å². The predicted molar refractivity (Wildman–Crippen MR) is 120 cm³/mol. The normalized spacial score (nSPS) is 12.4. The van der Waals surface area contributed by atoms with E-state index in [-0.39, 0.29) is 11.7 Å². The van der Waals surface area contributed by atoms with Gasteiger partial charge < -0.3 is 0 Å². The van der Waals surface area contributed by atoms with Gasteiger partial charge in [-0.25, -0.2) is 11.0 Å². The van der Waals surface area contributed by atoms with Gasteiger partial charge in [-0.05, 0) is 12.8 Å². The van der Waals surface area contributed by atoms with Crippen molar-refractivity contribution >= 4 is 11.7 Å². The van der Waals surface area contributed by atoms with Crippen molar-refractivity contribution in [3.8, 4) is 0 Å². The third kappa shape index (κ3) is 17.0. The van der Waals surface area contributed by atoms with E-state index in [9.17, 15) is 10.4 Å². The van der Waals surface area contributed by atoms with Crippen molar-refractivity contribution in [3.63, 3.8) is 0 Å². The summed E-state index contributed by atoms with van der Waals surface area (Å²) in [6, 6.07) is 0. The van der Waals surface area contributed by atoms with E-state index in [2.05, 4.69) is 34.8 Å². The summed E-state index contributed by atoms with van der Waals surface area (Å²) in [5.41, 5.74) is 4.11. The number of amidine groups is 2. The average molecular weight is 399 g/mol. The highest BCUT2D eigenvalue weighted by molar-refractivity contribution is 6.39. The van der Waals surface area contributed by atoms with Gasteiger partial charge in [-0.3, -0.25) is 20.4 Å². The van der Waals surface area contributed by atoms with Crippen LogP contribution in [-0.4, -0.2) is 35.2 Å². The van der Waals surface area contributed by atoms with Gasteiger partial charge in [-0.1, -0.05) is 104 Å². The minimum atomic E-state index is 0.213. The Balaban J connectivity index is 3.91. The molecule has 0 aromatic carbocycles. The largest absolute Gasteiger partial charge is 0.290 e. The van der Waals surface area contributed by atoms with Gasteiger partial charge in [0.2, 0.25) is 0 Å². The van der Waals surface area contributed by atoms with Crippen LogP contribution in [0.2, 0.25) is 0 Å². The Bertz CT molecular complexity index is 351. The van der Waals surface area contributed by atoms with Gasteiger partial charge >= 0.3 is 0 Å². The standard InChI is InChI=1S/C22H46N4O2/c1-3-5-7-9-11-13-15-17-19-23-21(25-27)22(26-28)24-20-18-16-14-12-10-8-6-4-2/h27-28H,3-20H2,1-2H3,(H,23,25)(H,24,26). The lowest BCUT2D eigenvalue weighted by Crippen LogP contribution is -2.37. The lowest BCUT2D eigenvalue weighted by Gasteiger charge is -2.08. The maximum Gasteiger partial charge on any atom is 0.190 e. The van der Waals surface area contributed by atoms with Crippen molar-refractivity contribution in [1.82, 2.24) is 11.0 Å². The van der Waals surface area contributed by atoms with Crippen LogP contribution in [0.1, 0.15) is 117 Å². The average Bonchev–Trinajstić information content (AvgIpc) is 2.72.